The van der Waals surface area contributed by atoms with E-state index in [4.69, 9.17) is 4.74 Å². The van der Waals surface area contributed by atoms with Crippen molar-refractivity contribution in [3.05, 3.63) is 34.9 Å². The number of aryl methyl sites for hydroxylation is 2. The SMILES string of the molecule is CN(Cc1ccc2c(c1)CCC2)CC1(C#N)COC1. The Hall–Kier alpha value is -1.37. The number of fused-ring (bicyclic) bond motifs is 1. The lowest BCUT2D eigenvalue weighted by atomic mass is 9.87. The predicted octanol–water partition coefficient (Wildman–Crippen LogP) is 2.15. The molecule has 3 nitrogen and oxygen atoms in total. The Bertz CT molecular complexity index is 514. The Morgan fingerprint density at radius 2 is 2.11 bits per heavy atom. The zero-order valence-corrected chi connectivity index (χ0v) is 11.5. The third-order valence-corrected chi connectivity index (χ3v) is 4.18. The molecule has 1 aliphatic carbocycles. The summed E-state index contributed by atoms with van der Waals surface area (Å²) in [5.41, 5.74) is 4.13. The van der Waals surface area contributed by atoms with Crippen LogP contribution < -0.4 is 0 Å². The minimum Gasteiger partial charge on any atom is -0.378 e. The minimum absolute atomic E-state index is 0.272. The molecule has 1 aliphatic heterocycles. The molecule has 0 bridgehead atoms. The second-order valence-corrected chi connectivity index (χ2v) is 6.01. The van der Waals surface area contributed by atoms with Crippen LogP contribution in [0.4, 0.5) is 0 Å². The Balaban J connectivity index is 1.63. The van der Waals surface area contributed by atoms with E-state index in [1.54, 1.807) is 0 Å². The van der Waals surface area contributed by atoms with E-state index in [2.05, 4.69) is 36.2 Å². The molecule has 2 aliphatic rings. The van der Waals surface area contributed by atoms with Crippen LogP contribution in [0.3, 0.4) is 0 Å². The van der Waals surface area contributed by atoms with Gasteiger partial charge in [-0.25, -0.2) is 0 Å². The van der Waals surface area contributed by atoms with E-state index in [0.717, 1.165) is 13.1 Å². The molecule has 1 heterocycles. The highest BCUT2D eigenvalue weighted by atomic mass is 16.5. The van der Waals surface area contributed by atoms with E-state index < -0.39 is 0 Å². The van der Waals surface area contributed by atoms with Crippen molar-refractivity contribution in [2.75, 3.05) is 26.8 Å². The number of benzene rings is 1. The fourth-order valence-corrected chi connectivity index (χ4v) is 3.15. The summed E-state index contributed by atoms with van der Waals surface area (Å²) in [4.78, 5) is 2.24. The van der Waals surface area contributed by atoms with Gasteiger partial charge in [0.05, 0.1) is 19.3 Å². The summed E-state index contributed by atoms with van der Waals surface area (Å²) >= 11 is 0. The summed E-state index contributed by atoms with van der Waals surface area (Å²) in [6.07, 6.45) is 3.76. The van der Waals surface area contributed by atoms with Crippen molar-refractivity contribution in [3.63, 3.8) is 0 Å². The Kier molecular flexibility index (Phi) is 3.30. The fourth-order valence-electron chi connectivity index (χ4n) is 3.15. The van der Waals surface area contributed by atoms with Gasteiger partial charge in [0.1, 0.15) is 5.41 Å². The summed E-state index contributed by atoms with van der Waals surface area (Å²) in [6, 6.07) is 9.26. The quantitative estimate of drug-likeness (QED) is 0.828. The highest BCUT2D eigenvalue weighted by Crippen LogP contribution is 2.28. The van der Waals surface area contributed by atoms with Gasteiger partial charge in [-0.2, -0.15) is 5.26 Å². The van der Waals surface area contributed by atoms with Crippen LogP contribution in [0.2, 0.25) is 0 Å². The summed E-state index contributed by atoms with van der Waals surface area (Å²) in [5.74, 6) is 0. The van der Waals surface area contributed by atoms with Crippen molar-refractivity contribution in [1.82, 2.24) is 4.90 Å². The van der Waals surface area contributed by atoms with E-state index in [0.29, 0.717) is 13.2 Å². The highest BCUT2D eigenvalue weighted by Gasteiger charge is 2.39. The maximum atomic E-state index is 9.22. The predicted molar refractivity (Wildman–Crippen MR) is 73.7 cm³/mol. The van der Waals surface area contributed by atoms with E-state index in [-0.39, 0.29) is 5.41 Å². The molecule has 1 saturated heterocycles. The number of ether oxygens (including phenoxy) is 1. The largest absolute Gasteiger partial charge is 0.378 e. The monoisotopic (exact) mass is 256 g/mol. The standard InChI is InChI=1S/C16H20N2O/c1-18(10-16(9-17)11-19-12-16)8-13-5-6-14-3-2-4-15(14)7-13/h5-7H,2-4,8,10-12H2,1H3. The van der Waals surface area contributed by atoms with Crippen LogP contribution in [-0.2, 0) is 24.1 Å². The number of hydrogen-bond donors (Lipinski definition) is 0. The summed E-state index contributed by atoms with van der Waals surface area (Å²) in [6.45, 7) is 2.87. The molecule has 1 aromatic rings. The van der Waals surface area contributed by atoms with Crippen molar-refractivity contribution in [2.45, 2.75) is 25.8 Å². The van der Waals surface area contributed by atoms with Gasteiger partial charge >= 0.3 is 0 Å². The van der Waals surface area contributed by atoms with Crippen LogP contribution in [0.15, 0.2) is 18.2 Å². The summed E-state index contributed by atoms with van der Waals surface area (Å²) < 4.78 is 5.19. The molecule has 19 heavy (non-hydrogen) atoms. The molecule has 0 spiro atoms. The minimum atomic E-state index is -0.272. The van der Waals surface area contributed by atoms with Crippen molar-refractivity contribution in [3.8, 4) is 6.07 Å². The fraction of sp³-hybridized carbons (Fsp3) is 0.562. The molecule has 0 N–H and O–H groups in total. The van der Waals surface area contributed by atoms with Gasteiger partial charge in [0.15, 0.2) is 0 Å². The van der Waals surface area contributed by atoms with Crippen LogP contribution in [0.5, 0.6) is 0 Å². The first-order valence-electron chi connectivity index (χ1n) is 6.99. The van der Waals surface area contributed by atoms with Crippen molar-refractivity contribution < 1.29 is 4.74 Å². The van der Waals surface area contributed by atoms with Gasteiger partial charge in [0.2, 0.25) is 0 Å². The third kappa shape index (κ3) is 2.51. The molecule has 3 heteroatoms. The van der Waals surface area contributed by atoms with E-state index in [1.807, 2.05) is 0 Å². The number of hydrogen-bond acceptors (Lipinski definition) is 3. The topological polar surface area (TPSA) is 36.3 Å². The molecule has 3 rings (SSSR count). The van der Waals surface area contributed by atoms with Gasteiger partial charge in [-0.1, -0.05) is 18.2 Å². The molecule has 0 amide bonds. The van der Waals surface area contributed by atoms with Gasteiger partial charge in [-0.05, 0) is 43.0 Å². The van der Waals surface area contributed by atoms with Gasteiger partial charge in [-0.3, -0.25) is 0 Å². The van der Waals surface area contributed by atoms with Crippen LogP contribution in [0.25, 0.3) is 0 Å². The normalized spacial score (nSPS) is 19.8. The van der Waals surface area contributed by atoms with Gasteiger partial charge in [0.25, 0.3) is 0 Å². The maximum Gasteiger partial charge on any atom is 0.116 e. The molecular weight excluding hydrogens is 236 g/mol. The van der Waals surface area contributed by atoms with Crippen LogP contribution in [0, 0.1) is 16.7 Å². The Morgan fingerprint density at radius 3 is 2.79 bits per heavy atom. The first kappa shape index (κ1) is 12.7. The van der Waals surface area contributed by atoms with Gasteiger partial charge in [-0.15, -0.1) is 0 Å². The molecule has 0 atom stereocenters. The molecule has 0 aromatic heterocycles. The van der Waals surface area contributed by atoms with Crippen molar-refractivity contribution >= 4 is 0 Å². The Morgan fingerprint density at radius 1 is 1.32 bits per heavy atom. The average molecular weight is 256 g/mol. The first-order valence-corrected chi connectivity index (χ1v) is 6.99. The van der Waals surface area contributed by atoms with E-state index in [9.17, 15) is 5.26 Å². The Labute approximate surface area is 114 Å². The zero-order chi connectivity index (χ0) is 13.3. The second-order valence-electron chi connectivity index (χ2n) is 6.01. The lowest BCUT2D eigenvalue weighted by molar-refractivity contribution is -0.0895. The van der Waals surface area contributed by atoms with E-state index in [1.165, 1.54) is 36.0 Å². The van der Waals surface area contributed by atoms with Gasteiger partial charge in [0, 0.05) is 13.1 Å². The second kappa shape index (κ2) is 4.96. The lowest BCUT2D eigenvalue weighted by Gasteiger charge is -2.38. The van der Waals surface area contributed by atoms with Crippen molar-refractivity contribution in [2.24, 2.45) is 5.41 Å². The maximum absolute atomic E-state index is 9.22. The molecule has 0 unspecified atom stereocenters. The molecule has 1 fully saturated rings. The number of nitrogens with zero attached hydrogens (tertiary/aromatic N) is 2. The number of nitriles is 1. The van der Waals surface area contributed by atoms with E-state index >= 15 is 0 Å². The number of rotatable bonds is 4. The smallest absolute Gasteiger partial charge is 0.116 e. The molecule has 0 radical (unpaired) electrons. The molecular formula is C16H20N2O. The molecule has 0 saturated carbocycles. The highest BCUT2D eigenvalue weighted by molar-refractivity contribution is 5.35. The molecule has 1 aromatic carbocycles. The zero-order valence-electron chi connectivity index (χ0n) is 11.5. The van der Waals surface area contributed by atoms with Crippen molar-refractivity contribution in [1.29, 1.82) is 5.26 Å². The third-order valence-electron chi connectivity index (χ3n) is 4.18. The average Bonchev–Trinajstić information content (AvgIpc) is 2.81. The lowest BCUT2D eigenvalue weighted by Crippen LogP contribution is -2.48. The van der Waals surface area contributed by atoms with Crippen LogP contribution in [0.1, 0.15) is 23.1 Å². The summed E-state index contributed by atoms with van der Waals surface area (Å²) in [7, 11) is 2.09. The summed E-state index contributed by atoms with van der Waals surface area (Å²) in [5, 5.41) is 9.22. The first-order chi connectivity index (χ1) is 9.21. The van der Waals surface area contributed by atoms with Crippen LogP contribution in [-0.4, -0.2) is 31.7 Å². The van der Waals surface area contributed by atoms with Gasteiger partial charge < -0.3 is 9.64 Å². The van der Waals surface area contributed by atoms with Crippen LogP contribution >= 0.6 is 0 Å². The molecule has 100 valence electrons.